The molecule has 0 bridgehead atoms. The van der Waals surface area contributed by atoms with E-state index in [-0.39, 0.29) is 30.0 Å². The fraction of sp³-hybridized carbons (Fsp3) is 0.250. The quantitative estimate of drug-likeness (QED) is 0.618. The standard InChI is InChI=1S/C20H19FN2O3/c1-13(24)15-4-8-17(9-5-15)23-19(26)20(10-11-20)18(25)22-12-14-2-6-16(21)7-3-14/h2-9H,10-12H2,1H3,(H,22,25)(H,23,26). The Hall–Kier alpha value is -3.02. The van der Waals surface area contributed by atoms with E-state index in [1.165, 1.54) is 19.1 Å². The van der Waals surface area contributed by atoms with E-state index >= 15 is 0 Å². The van der Waals surface area contributed by atoms with Crippen molar-refractivity contribution in [1.29, 1.82) is 0 Å². The number of rotatable bonds is 6. The van der Waals surface area contributed by atoms with Crippen molar-refractivity contribution < 1.29 is 18.8 Å². The molecule has 5 nitrogen and oxygen atoms in total. The third-order valence-corrected chi connectivity index (χ3v) is 4.53. The van der Waals surface area contributed by atoms with Crippen molar-refractivity contribution in [1.82, 2.24) is 5.32 Å². The highest BCUT2D eigenvalue weighted by molar-refractivity contribution is 6.13. The Morgan fingerprint density at radius 3 is 2.12 bits per heavy atom. The van der Waals surface area contributed by atoms with E-state index in [0.29, 0.717) is 24.1 Å². The average molecular weight is 354 g/mol. The Labute approximate surface area is 150 Å². The Kier molecular flexibility index (Phi) is 4.84. The molecule has 3 rings (SSSR count). The second-order valence-corrected chi connectivity index (χ2v) is 6.48. The highest BCUT2D eigenvalue weighted by atomic mass is 19.1. The molecule has 0 heterocycles. The minimum absolute atomic E-state index is 0.0540. The van der Waals surface area contributed by atoms with Crippen LogP contribution >= 0.6 is 0 Å². The molecule has 1 fully saturated rings. The van der Waals surface area contributed by atoms with Crippen LogP contribution in [0.25, 0.3) is 0 Å². The first kappa shape index (κ1) is 17.8. The van der Waals surface area contributed by atoms with Gasteiger partial charge in [-0.15, -0.1) is 0 Å². The van der Waals surface area contributed by atoms with Crippen LogP contribution in [-0.4, -0.2) is 17.6 Å². The maximum Gasteiger partial charge on any atom is 0.240 e. The smallest absolute Gasteiger partial charge is 0.240 e. The van der Waals surface area contributed by atoms with Crippen molar-refractivity contribution >= 4 is 23.3 Å². The molecule has 0 saturated heterocycles. The minimum atomic E-state index is -1.06. The molecule has 0 aliphatic heterocycles. The molecule has 2 amide bonds. The maximum atomic E-state index is 12.9. The first-order valence-corrected chi connectivity index (χ1v) is 8.36. The number of benzene rings is 2. The molecule has 2 N–H and O–H groups in total. The van der Waals surface area contributed by atoms with E-state index < -0.39 is 5.41 Å². The van der Waals surface area contributed by atoms with Crippen molar-refractivity contribution in [3.63, 3.8) is 0 Å². The van der Waals surface area contributed by atoms with E-state index in [2.05, 4.69) is 10.6 Å². The Morgan fingerprint density at radius 1 is 0.962 bits per heavy atom. The van der Waals surface area contributed by atoms with E-state index in [1.807, 2.05) is 0 Å². The summed E-state index contributed by atoms with van der Waals surface area (Å²) < 4.78 is 12.9. The van der Waals surface area contributed by atoms with Gasteiger partial charge in [0.1, 0.15) is 11.2 Å². The molecule has 0 spiro atoms. The normalized spacial score (nSPS) is 14.4. The molecule has 134 valence electrons. The number of carbonyl (C=O) groups is 3. The molecule has 0 aromatic heterocycles. The van der Waals surface area contributed by atoms with Crippen LogP contribution in [0, 0.1) is 11.2 Å². The van der Waals surface area contributed by atoms with Crippen molar-refractivity contribution in [3.05, 3.63) is 65.5 Å². The summed E-state index contributed by atoms with van der Waals surface area (Å²) >= 11 is 0. The molecule has 2 aromatic carbocycles. The summed E-state index contributed by atoms with van der Waals surface area (Å²) in [5.41, 5.74) is 0.800. The highest BCUT2D eigenvalue weighted by Gasteiger charge is 2.56. The second kappa shape index (κ2) is 7.07. The summed E-state index contributed by atoms with van der Waals surface area (Å²) in [5, 5.41) is 5.48. The summed E-state index contributed by atoms with van der Waals surface area (Å²) in [4.78, 5) is 36.3. The zero-order valence-electron chi connectivity index (χ0n) is 14.3. The summed E-state index contributed by atoms with van der Waals surface area (Å²) in [5.74, 6) is -1.08. The second-order valence-electron chi connectivity index (χ2n) is 6.48. The average Bonchev–Trinajstić information content (AvgIpc) is 3.43. The molecule has 0 radical (unpaired) electrons. The topological polar surface area (TPSA) is 75.3 Å². The number of halogens is 1. The number of nitrogens with one attached hydrogen (secondary N) is 2. The van der Waals surface area contributed by atoms with E-state index in [0.717, 1.165) is 5.56 Å². The van der Waals surface area contributed by atoms with Gasteiger partial charge in [0.2, 0.25) is 11.8 Å². The van der Waals surface area contributed by atoms with Gasteiger partial charge in [0.15, 0.2) is 5.78 Å². The molecule has 0 unspecified atom stereocenters. The predicted octanol–water partition coefficient (Wildman–Crippen LogP) is 3.06. The van der Waals surface area contributed by atoms with Crippen LogP contribution in [0.1, 0.15) is 35.7 Å². The van der Waals surface area contributed by atoms with Gasteiger partial charge in [-0.3, -0.25) is 14.4 Å². The van der Waals surface area contributed by atoms with Gasteiger partial charge >= 0.3 is 0 Å². The number of amides is 2. The van der Waals surface area contributed by atoms with Crippen molar-refractivity contribution in [2.75, 3.05) is 5.32 Å². The summed E-state index contributed by atoms with van der Waals surface area (Å²) in [6.07, 6.45) is 0.971. The molecule has 26 heavy (non-hydrogen) atoms. The van der Waals surface area contributed by atoms with Crippen LogP contribution in [0.2, 0.25) is 0 Å². The fourth-order valence-corrected chi connectivity index (χ4v) is 2.68. The predicted molar refractivity (Wildman–Crippen MR) is 95.0 cm³/mol. The number of carbonyl (C=O) groups excluding carboxylic acids is 3. The van der Waals surface area contributed by atoms with Crippen LogP contribution in [0.15, 0.2) is 48.5 Å². The van der Waals surface area contributed by atoms with Crippen LogP contribution in [0.3, 0.4) is 0 Å². The molecular weight excluding hydrogens is 335 g/mol. The molecular formula is C20H19FN2O3. The fourth-order valence-electron chi connectivity index (χ4n) is 2.68. The van der Waals surface area contributed by atoms with Gasteiger partial charge in [-0.2, -0.15) is 0 Å². The number of anilines is 1. The lowest BCUT2D eigenvalue weighted by atomic mass is 10.0. The van der Waals surface area contributed by atoms with Crippen LogP contribution in [0.5, 0.6) is 0 Å². The van der Waals surface area contributed by atoms with Crippen molar-refractivity contribution in [2.24, 2.45) is 5.41 Å². The van der Waals surface area contributed by atoms with Crippen LogP contribution < -0.4 is 10.6 Å². The molecule has 0 atom stereocenters. The van der Waals surface area contributed by atoms with Gasteiger partial charge in [0.25, 0.3) is 0 Å². The largest absolute Gasteiger partial charge is 0.351 e. The van der Waals surface area contributed by atoms with E-state index in [1.54, 1.807) is 36.4 Å². The molecule has 1 saturated carbocycles. The number of Topliss-reactive ketones (excluding diaryl/α,β-unsaturated/α-hetero) is 1. The Bertz CT molecular complexity index is 840. The van der Waals surface area contributed by atoms with Crippen molar-refractivity contribution in [2.45, 2.75) is 26.3 Å². The third-order valence-electron chi connectivity index (χ3n) is 4.53. The van der Waals surface area contributed by atoms with Crippen LogP contribution in [-0.2, 0) is 16.1 Å². The molecule has 1 aliphatic carbocycles. The summed E-state index contributed by atoms with van der Waals surface area (Å²) in [7, 11) is 0. The number of ketones is 1. The van der Waals surface area contributed by atoms with Gasteiger partial charge < -0.3 is 10.6 Å². The summed E-state index contributed by atoms with van der Waals surface area (Å²) in [6, 6.07) is 12.4. The monoisotopic (exact) mass is 354 g/mol. The Morgan fingerprint density at radius 2 is 1.58 bits per heavy atom. The van der Waals surface area contributed by atoms with Gasteiger partial charge in [0, 0.05) is 17.8 Å². The minimum Gasteiger partial charge on any atom is -0.351 e. The lowest BCUT2D eigenvalue weighted by Crippen LogP contribution is -2.39. The van der Waals surface area contributed by atoms with Crippen molar-refractivity contribution in [3.8, 4) is 0 Å². The first-order valence-electron chi connectivity index (χ1n) is 8.36. The van der Waals surface area contributed by atoms with Gasteiger partial charge in [-0.25, -0.2) is 4.39 Å². The SMILES string of the molecule is CC(=O)c1ccc(NC(=O)C2(C(=O)NCc3ccc(F)cc3)CC2)cc1. The first-order chi connectivity index (χ1) is 12.4. The lowest BCUT2D eigenvalue weighted by Gasteiger charge is -2.15. The lowest BCUT2D eigenvalue weighted by molar-refractivity contribution is -0.134. The molecule has 6 heteroatoms. The number of hydrogen-bond donors (Lipinski definition) is 2. The third kappa shape index (κ3) is 3.79. The van der Waals surface area contributed by atoms with Gasteiger partial charge in [-0.05, 0) is 61.7 Å². The highest BCUT2D eigenvalue weighted by Crippen LogP contribution is 2.46. The zero-order chi connectivity index (χ0) is 18.7. The van der Waals surface area contributed by atoms with Crippen LogP contribution in [0.4, 0.5) is 10.1 Å². The Balaban J connectivity index is 1.60. The maximum absolute atomic E-state index is 12.9. The molecule has 2 aromatic rings. The van der Waals surface area contributed by atoms with E-state index in [9.17, 15) is 18.8 Å². The number of hydrogen-bond acceptors (Lipinski definition) is 3. The molecule has 1 aliphatic rings. The van der Waals surface area contributed by atoms with E-state index in [4.69, 9.17) is 0 Å². The zero-order valence-corrected chi connectivity index (χ0v) is 14.3. The van der Waals surface area contributed by atoms with Gasteiger partial charge in [-0.1, -0.05) is 12.1 Å². The van der Waals surface area contributed by atoms with Gasteiger partial charge in [0.05, 0.1) is 0 Å². The summed E-state index contributed by atoms with van der Waals surface area (Å²) in [6.45, 7) is 1.71.